The highest BCUT2D eigenvalue weighted by molar-refractivity contribution is 6.30. The maximum absolute atomic E-state index is 13.6. The normalized spacial score (nSPS) is 15.2. The summed E-state index contributed by atoms with van der Waals surface area (Å²) >= 11 is 11.8. The van der Waals surface area contributed by atoms with Gasteiger partial charge in [0.05, 0.1) is 0 Å². The van der Waals surface area contributed by atoms with Crippen LogP contribution >= 0.6 is 23.2 Å². The van der Waals surface area contributed by atoms with Crippen molar-refractivity contribution in [2.75, 3.05) is 0 Å². The van der Waals surface area contributed by atoms with Gasteiger partial charge < -0.3 is 0 Å². The predicted molar refractivity (Wildman–Crippen MR) is 68.8 cm³/mol. The molecule has 0 aliphatic carbocycles. The zero-order valence-corrected chi connectivity index (χ0v) is 11.3. The highest BCUT2D eigenvalue weighted by Crippen LogP contribution is 2.26. The highest BCUT2D eigenvalue weighted by atomic mass is 35.5. The minimum atomic E-state index is -0.240. The molecule has 0 radical (unpaired) electrons. The molecule has 0 aromatic heterocycles. The van der Waals surface area contributed by atoms with Crippen LogP contribution in [0, 0.1) is 17.7 Å². The zero-order valence-electron chi connectivity index (χ0n) is 9.81. The summed E-state index contributed by atoms with van der Waals surface area (Å²) in [5, 5.41) is 0.469. The fraction of sp³-hybridized carbons (Fsp3) is 0.538. The van der Waals surface area contributed by atoms with Gasteiger partial charge in [-0.25, -0.2) is 4.39 Å². The third-order valence-corrected chi connectivity index (χ3v) is 3.48. The lowest BCUT2D eigenvalue weighted by atomic mass is 9.87. The van der Waals surface area contributed by atoms with Crippen molar-refractivity contribution in [2.45, 2.75) is 32.6 Å². The second kappa shape index (κ2) is 5.88. The molecule has 0 fully saturated rings. The van der Waals surface area contributed by atoms with E-state index in [9.17, 15) is 4.39 Å². The van der Waals surface area contributed by atoms with Crippen molar-refractivity contribution in [3.8, 4) is 0 Å². The van der Waals surface area contributed by atoms with E-state index in [1.807, 2.05) is 6.92 Å². The minimum Gasteiger partial charge on any atom is -0.207 e. The van der Waals surface area contributed by atoms with E-state index in [2.05, 4.69) is 13.8 Å². The quantitative estimate of drug-likeness (QED) is 0.676. The first-order chi connectivity index (χ1) is 7.41. The molecule has 0 N–H and O–H groups in total. The van der Waals surface area contributed by atoms with Gasteiger partial charge in [0.2, 0.25) is 0 Å². The van der Waals surface area contributed by atoms with E-state index in [1.54, 1.807) is 12.1 Å². The Kier molecular flexibility index (Phi) is 5.07. The van der Waals surface area contributed by atoms with E-state index in [0.29, 0.717) is 22.9 Å². The molecule has 0 amide bonds. The molecule has 0 saturated carbocycles. The summed E-state index contributed by atoms with van der Waals surface area (Å²) in [5.74, 6) is 0.468. The summed E-state index contributed by atoms with van der Waals surface area (Å²) in [6.45, 7) is 6.18. The van der Waals surface area contributed by atoms with Crippen LogP contribution in [0.3, 0.4) is 0 Å². The van der Waals surface area contributed by atoms with Crippen LogP contribution < -0.4 is 0 Å². The molecule has 0 aliphatic rings. The average Bonchev–Trinajstić information content (AvgIpc) is 2.15. The van der Waals surface area contributed by atoms with Crippen LogP contribution in [0.15, 0.2) is 18.2 Å². The van der Waals surface area contributed by atoms with Crippen LogP contribution in [-0.2, 0) is 6.42 Å². The monoisotopic (exact) mass is 262 g/mol. The van der Waals surface area contributed by atoms with Gasteiger partial charge in [0, 0.05) is 10.4 Å². The van der Waals surface area contributed by atoms with Gasteiger partial charge in [-0.05, 0) is 42.9 Å². The van der Waals surface area contributed by atoms with Crippen molar-refractivity contribution >= 4 is 23.2 Å². The molecule has 0 saturated heterocycles. The molecular weight excluding hydrogens is 246 g/mol. The van der Waals surface area contributed by atoms with Gasteiger partial charge in [0.25, 0.3) is 0 Å². The summed E-state index contributed by atoms with van der Waals surface area (Å²) in [5.41, 5.74) is 0.690. The fourth-order valence-electron chi connectivity index (χ4n) is 1.87. The first-order valence-electron chi connectivity index (χ1n) is 5.49. The van der Waals surface area contributed by atoms with E-state index in [0.717, 1.165) is 0 Å². The van der Waals surface area contributed by atoms with Gasteiger partial charge in [-0.15, -0.1) is 11.6 Å². The number of hydrogen-bond acceptors (Lipinski definition) is 0. The predicted octanol–water partition coefficient (Wildman–Crippen LogP) is 4.92. The average molecular weight is 263 g/mol. The Morgan fingerprint density at radius 1 is 1.25 bits per heavy atom. The molecule has 2 atom stereocenters. The van der Waals surface area contributed by atoms with E-state index in [1.165, 1.54) is 6.07 Å². The molecule has 3 heteroatoms. The van der Waals surface area contributed by atoms with Crippen molar-refractivity contribution in [1.29, 1.82) is 0 Å². The minimum absolute atomic E-state index is 0.0371. The number of halogens is 3. The zero-order chi connectivity index (χ0) is 12.3. The molecule has 90 valence electrons. The molecule has 1 aromatic carbocycles. The number of rotatable bonds is 4. The third-order valence-electron chi connectivity index (χ3n) is 2.92. The molecule has 2 unspecified atom stereocenters. The van der Waals surface area contributed by atoms with Crippen molar-refractivity contribution in [1.82, 2.24) is 0 Å². The molecular formula is C13H17Cl2F. The molecule has 1 rings (SSSR count). The van der Waals surface area contributed by atoms with Crippen molar-refractivity contribution < 1.29 is 4.39 Å². The van der Waals surface area contributed by atoms with Gasteiger partial charge in [-0.2, -0.15) is 0 Å². The topological polar surface area (TPSA) is 0 Å². The Labute approximate surface area is 107 Å². The highest BCUT2D eigenvalue weighted by Gasteiger charge is 2.20. The lowest BCUT2D eigenvalue weighted by Crippen LogP contribution is -2.21. The lowest BCUT2D eigenvalue weighted by molar-refractivity contribution is 0.371. The van der Waals surface area contributed by atoms with Gasteiger partial charge in [0.15, 0.2) is 0 Å². The van der Waals surface area contributed by atoms with Crippen LogP contribution in [-0.4, -0.2) is 5.38 Å². The Bertz CT molecular complexity index is 340. The first-order valence-corrected chi connectivity index (χ1v) is 6.31. The van der Waals surface area contributed by atoms with E-state index in [4.69, 9.17) is 23.2 Å². The van der Waals surface area contributed by atoms with Gasteiger partial charge >= 0.3 is 0 Å². The smallest absolute Gasteiger partial charge is 0.127 e. The van der Waals surface area contributed by atoms with E-state index in [-0.39, 0.29) is 17.1 Å². The van der Waals surface area contributed by atoms with Crippen molar-refractivity contribution in [2.24, 2.45) is 11.8 Å². The van der Waals surface area contributed by atoms with Crippen molar-refractivity contribution in [3.63, 3.8) is 0 Å². The van der Waals surface area contributed by atoms with Crippen LogP contribution in [0.1, 0.15) is 26.3 Å². The van der Waals surface area contributed by atoms with Gasteiger partial charge in [-0.1, -0.05) is 31.5 Å². The summed E-state index contributed by atoms with van der Waals surface area (Å²) in [7, 11) is 0. The molecule has 0 aliphatic heterocycles. The van der Waals surface area contributed by atoms with E-state index >= 15 is 0 Å². The Balaban J connectivity index is 2.85. The lowest BCUT2D eigenvalue weighted by Gasteiger charge is -2.23. The molecule has 0 spiro atoms. The van der Waals surface area contributed by atoms with Crippen LogP contribution in [0.2, 0.25) is 5.02 Å². The van der Waals surface area contributed by atoms with Crippen LogP contribution in [0.4, 0.5) is 4.39 Å². The Hall–Kier alpha value is -0.270. The number of hydrogen-bond donors (Lipinski definition) is 0. The molecule has 0 bridgehead atoms. The summed E-state index contributed by atoms with van der Waals surface area (Å²) in [4.78, 5) is 0. The summed E-state index contributed by atoms with van der Waals surface area (Å²) in [6, 6.07) is 4.82. The Morgan fingerprint density at radius 2 is 1.88 bits per heavy atom. The largest absolute Gasteiger partial charge is 0.207 e. The Morgan fingerprint density at radius 3 is 2.31 bits per heavy atom. The maximum Gasteiger partial charge on any atom is 0.127 e. The second-order valence-corrected chi connectivity index (χ2v) is 5.65. The van der Waals surface area contributed by atoms with Gasteiger partial charge in [-0.3, -0.25) is 0 Å². The fourth-order valence-corrected chi connectivity index (χ4v) is 2.41. The first kappa shape index (κ1) is 13.8. The number of benzene rings is 1. The van der Waals surface area contributed by atoms with Crippen LogP contribution in [0.25, 0.3) is 0 Å². The summed E-state index contributed by atoms with van der Waals surface area (Å²) < 4.78 is 13.6. The second-order valence-electron chi connectivity index (χ2n) is 4.53. The molecule has 0 heterocycles. The van der Waals surface area contributed by atoms with Crippen LogP contribution in [0.5, 0.6) is 0 Å². The standard InChI is InChI=1S/C13H17Cl2F/c1-8(2)12(9(3)14)6-10-4-5-11(15)7-13(10)16/h4-5,7-9,12H,6H2,1-3H3. The molecule has 16 heavy (non-hydrogen) atoms. The maximum atomic E-state index is 13.6. The number of alkyl halides is 1. The summed E-state index contributed by atoms with van der Waals surface area (Å²) in [6.07, 6.45) is 0.658. The molecule has 1 aromatic rings. The van der Waals surface area contributed by atoms with Gasteiger partial charge in [0.1, 0.15) is 5.82 Å². The van der Waals surface area contributed by atoms with Crippen molar-refractivity contribution in [3.05, 3.63) is 34.6 Å². The third kappa shape index (κ3) is 3.64. The SMILES string of the molecule is CC(C)C(Cc1ccc(Cl)cc1F)C(C)Cl. The van der Waals surface area contributed by atoms with E-state index < -0.39 is 0 Å². The molecule has 0 nitrogen and oxygen atoms in total.